The third-order valence-corrected chi connectivity index (χ3v) is 2.28. The third-order valence-electron chi connectivity index (χ3n) is 2.28. The minimum absolute atomic E-state index is 0.0921. The Bertz CT molecular complexity index is 379. The first-order valence-electron chi connectivity index (χ1n) is 4.44. The molecule has 0 spiro atoms. The lowest BCUT2D eigenvalue weighted by Crippen LogP contribution is -2.13. The molecule has 0 atom stereocenters. The first-order valence-corrected chi connectivity index (χ1v) is 4.44. The largest absolute Gasteiger partial charge is 0.293 e. The molecule has 2 nitrogen and oxygen atoms in total. The van der Waals surface area contributed by atoms with Crippen molar-refractivity contribution in [2.45, 2.75) is 19.8 Å². The van der Waals surface area contributed by atoms with Gasteiger partial charge in [-0.15, -0.1) is 0 Å². The zero-order chi connectivity index (χ0) is 9.26. The lowest BCUT2D eigenvalue weighted by atomic mass is 10.0. The van der Waals surface area contributed by atoms with Crippen LogP contribution in [-0.2, 0) is 11.2 Å². The second-order valence-corrected chi connectivity index (χ2v) is 3.24. The zero-order valence-electron chi connectivity index (χ0n) is 7.58. The van der Waals surface area contributed by atoms with Gasteiger partial charge in [0.2, 0.25) is 0 Å². The van der Waals surface area contributed by atoms with E-state index in [2.05, 4.69) is 11.1 Å². The van der Waals surface area contributed by atoms with E-state index in [4.69, 9.17) is 0 Å². The van der Waals surface area contributed by atoms with Crippen LogP contribution >= 0.6 is 0 Å². The quantitative estimate of drug-likeness (QED) is 0.640. The molecule has 2 rings (SSSR count). The van der Waals surface area contributed by atoms with E-state index in [-0.39, 0.29) is 5.78 Å². The number of ketones is 1. The number of aryl methyl sites for hydroxylation is 1. The highest BCUT2D eigenvalue weighted by molar-refractivity contribution is 6.39. The van der Waals surface area contributed by atoms with Crippen LogP contribution < -0.4 is 0 Å². The monoisotopic (exact) mass is 173 g/mol. The van der Waals surface area contributed by atoms with Crippen LogP contribution in [-0.4, -0.2) is 11.5 Å². The smallest absolute Gasteiger partial charge is 0.173 e. The van der Waals surface area contributed by atoms with Gasteiger partial charge in [-0.2, -0.15) is 0 Å². The Balaban J connectivity index is 2.44. The van der Waals surface area contributed by atoms with Gasteiger partial charge in [-0.3, -0.25) is 4.79 Å². The molecule has 13 heavy (non-hydrogen) atoms. The molecule has 0 N–H and O–H groups in total. The molecule has 0 amide bonds. The van der Waals surface area contributed by atoms with Gasteiger partial charge in [0.25, 0.3) is 0 Å². The van der Waals surface area contributed by atoms with E-state index in [1.807, 2.05) is 18.2 Å². The van der Waals surface area contributed by atoms with E-state index in [1.54, 1.807) is 6.92 Å². The highest BCUT2D eigenvalue weighted by Gasteiger charge is 2.13. The minimum atomic E-state index is 0.0921. The van der Waals surface area contributed by atoms with Crippen LogP contribution in [0.2, 0.25) is 0 Å². The normalized spacial score (nSPS) is 14.7. The molecule has 2 heteroatoms. The predicted octanol–water partition coefficient (Wildman–Crippen LogP) is 2.29. The molecule has 0 bridgehead atoms. The van der Waals surface area contributed by atoms with Crippen LogP contribution in [0, 0.1) is 0 Å². The van der Waals surface area contributed by atoms with Crippen molar-refractivity contribution in [2.24, 2.45) is 4.99 Å². The van der Waals surface area contributed by atoms with Gasteiger partial charge >= 0.3 is 0 Å². The average Bonchev–Trinajstić information content (AvgIpc) is 2.17. The number of aliphatic imine (C=N–C) groups is 1. The Morgan fingerprint density at radius 1 is 1.31 bits per heavy atom. The van der Waals surface area contributed by atoms with Gasteiger partial charge < -0.3 is 0 Å². The number of carbonyl (C=O) groups excluding carboxylic acids is 1. The maximum atomic E-state index is 11.1. The fourth-order valence-corrected chi connectivity index (χ4v) is 1.54. The van der Waals surface area contributed by atoms with Gasteiger partial charge in [-0.05, 0) is 24.5 Å². The van der Waals surface area contributed by atoms with Gasteiger partial charge in [0, 0.05) is 6.92 Å². The summed E-state index contributed by atoms with van der Waals surface area (Å²) in [5.41, 5.74) is 2.91. The van der Waals surface area contributed by atoms with Crippen LogP contribution in [0.1, 0.15) is 18.9 Å². The fraction of sp³-hybridized carbons (Fsp3) is 0.273. The molecule has 1 aromatic rings. The Labute approximate surface area is 77.3 Å². The van der Waals surface area contributed by atoms with Crippen LogP contribution in [0.25, 0.3) is 0 Å². The summed E-state index contributed by atoms with van der Waals surface area (Å²) in [6, 6.07) is 7.98. The molecule has 66 valence electrons. The molecule has 0 aromatic heterocycles. The van der Waals surface area contributed by atoms with Gasteiger partial charge in [-0.25, -0.2) is 4.99 Å². The van der Waals surface area contributed by atoms with Crippen molar-refractivity contribution in [3.8, 4) is 0 Å². The predicted molar refractivity (Wildman–Crippen MR) is 52.5 cm³/mol. The Morgan fingerprint density at radius 2 is 2.08 bits per heavy atom. The summed E-state index contributed by atoms with van der Waals surface area (Å²) in [5.74, 6) is 0.0921. The molecular formula is C11H11NO. The number of fused-ring (bicyclic) bond motifs is 1. The SMILES string of the molecule is CC(=O)C1=Nc2ccccc2CC1. The molecule has 0 saturated carbocycles. The van der Waals surface area contributed by atoms with Crippen LogP contribution in [0.4, 0.5) is 5.69 Å². The minimum Gasteiger partial charge on any atom is -0.293 e. The molecule has 1 aliphatic heterocycles. The second kappa shape index (κ2) is 3.13. The average molecular weight is 173 g/mol. The van der Waals surface area contributed by atoms with Gasteiger partial charge in [0.15, 0.2) is 5.78 Å². The van der Waals surface area contributed by atoms with Crippen LogP contribution in [0.3, 0.4) is 0 Å². The number of rotatable bonds is 1. The van der Waals surface area contributed by atoms with Crippen molar-refractivity contribution < 1.29 is 4.79 Å². The maximum absolute atomic E-state index is 11.1. The standard InChI is InChI=1S/C11H11NO/c1-8(13)10-7-6-9-4-2-3-5-11(9)12-10/h2-5H,6-7H2,1H3. The molecule has 1 aromatic carbocycles. The highest BCUT2D eigenvalue weighted by atomic mass is 16.1. The van der Waals surface area contributed by atoms with Crippen molar-refractivity contribution in [1.82, 2.24) is 0 Å². The summed E-state index contributed by atoms with van der Waals surface area (Å²) in [7, 11) is 0. The van der Waals surface area contributed by atoms with Crippen molar-refractivity contribution in [3.05, 3.63) is 29.8 Å². The summed E-state index contributed by atoms with van der Waals surface area (Å²) in [5, 5.41) is 0. The summed E-state index contributed by atoms with van der Waals surface area (Å²) in [6.45, 7) is 1.58. The summed E-state index contributed by atoms with van der Waals surface area (Å²) < 4.78 is 0. The van der Waals surface area contributed by atoms with E-state index in [0.29, 0.717) is 5.71 Å². The number of hydrogen-bond acceptors (Lipinski definition) is 2. The van der Waals surface area contributed by atoms with Gasteiger partial charge in [-0.1, -0.05) is 18.2 Å². The first-order chi connectivity index (χ1) is 6.27. The molecule has 0 unspecified atom stereocenters. The number of para-hydroxylation sites is 1. The van der Waals surface area contributed by atoms with Gasteiger partial charge in [0.1, 0.15) is 0 Å². The van der Waals surface area contributed by atoms with E-state index >= 15 is 0 Å². The topological polar surface area (TPSA) is 29.4 Å². The number of hydrogen-bond donors (Lipinski definition) is 0. The lowest BCUT2D eigenvalue weighted by molar-refractivity contribution is -0.111. The molecule has 0 aliphatic carbocycles. The Hall–Kier alpha value is -1.44. The van der Waals surface area contributed by atoms with Gasteiger partial charge in [0.05, 0.1) is 11.4 Å². The maximum Gasteiger partial charge on any atom is 0.173 e. The van der Waals surface area contributed by atoms with Crippen molar-refractivity contribution in [2.75, 3.05) is 0 Å². The number of Topliss-reactive ketones (excluding diaryl/α,β-unsaturated/α-hetero) is 1. The second-order valence-electron chi connectivity index (χ2n) is 3.24. The van der Waals surface area contributed by atoms with E-state index in [0.717, 1.165) is 18.5 Å². The fourth-order valence-electron chi connectivity index (χ4n) is 1.54. The van der Waals surface area contributed by atoms with Crippen LogP contribution in [0.15, 0.2) is 29.3 Å². The summed E-state index contributed by atoms with van der Waals surface area (Å²) >= 11 is 0. The third kappa shape index (κ3) is 1.52. The molecule has 0 saturated heterocycles. The van der Waals surface area contributed by atoms with Crippen LogP contribution in [0.5, 0.6) is 0 Å². The van der Waals surface area contributed by atoms with Crippen molar-refractivity contribution >= 4 is 17.2 Å². The number of carbonyl (C=O) groups is 1. The lowest BCUT2D eigenvalue weighted by Gasteiger charge is -2.12. The highest BCUT2D eigenvalue weighted by Crippen LogP contribution is 2.25. The number of nitrogens with zero attached hydrogens (tertiary/aromatic N) is 1. The zero-order valence-corrected chi connectivity index (χ0v) is 7.58. The molecule has 1 heterocycles. The molecule has 1 aliphatic rings. The Morgan fingerprint density at radius 3 is 2.85 bits per heavy atom. The number of benzene rings is 1. The molecule has 0 radical (unpaired) electrons. The Kier molecular flexibility index (Phi) is 1.97. The summed E-state index contributed by atoms with van der Waals surface area (Å²) in [6.07, 6.45) is 1.72. The van der Waals surface area contributed by atoms with Crippen molar-refractivity contribution in [3.63, 3.8) is 0 Å². The van der Waals surface area contributed by atoms with E-state index in [9.17, 15) is 4.79 Å². The molecule has 0 fully saturated rings. The summed E-state index contributed by atoms with van der Waals surface area (Å²) in [4.78, 5) is 15.4. The molecular weight excluding hydrogens is 162 g/mol. The van der Waals surface area contributed by atoms with Crippen molar-refractivity contribution in [1.29, 1.82) is 0 Å². The van der Waals surface area contributed by atoms with E-state index in [1.165, 1.54) is 5.56 Å². The first kappa shape index (κ1) is 8.17. The van der Waals surface area contributed by atoms with E-state index < -0.39 is 0 Å².